The number of rotatable bonds is 13. The highest BCUT2D eigenvalue weighted by Gasteiger charge is 2.11. The molecule has 184 valence electrons. The van der Waals surface area contributed by atoms with Gasteiger partial charge in [-0.3, -0.25) is 0 Å². The number of hydrogen-bond donors (Lipinski definition) is 1. The molecule has 0 heterocycles. The molecule has 35 heavy (non-hydrogen) atoms. The molecule has 0 aliphatic carbocycles. The lowest BCUT2D eigenvalue weighted by molar-refractivity contribution is -0.138. The van der Waals surface area contributed by atoms with Crippen molar-refractivity contribution in [2.75, 3.05) is 6.61 Å². The molecule has 0 unspecified atom stereocenters. The van der Waals surface area contributed by atoms with E-state index < -0.39 is 5.97 Å². The second kappa shape index (κ2) is 13.7. The van der Waals surface area contributed by atoms with E-state index in [1.165, 1.54) is 53.2 Å². The predicted octanol–water partition coefficient (Wildman–Crippen LogP) is 7.47. The topological polar surface area (TPSA) is 46.5 Å². The van der Waals surface area contributed by atoms with E-state index in [1.807, 2.05) is 0 Å². The van der Waals surface area contributed by atoms with Gasteiger partial charge in [0.2, 0.25) is 0 Å². The zero-order chi connectivity index (χ0) is 25.0. The van der Waals surface area contributed by atoms with Gasteiger partial charge in [0, 0.05) is 12.7 Å². The van der Waals surface area contributed by atoms with E-state index in [2.05, 4.69) is 81.1 Å². The van der Waals surface area contributed by atoms with Crippen molar-refractivity contribution in [1.82, 2.24) is 0 Å². The van der Waals surface area contributed by atoms with Gasteiger partial charge in [0.15, 0.2) is 0 Å². The zero-order valence-electron chi connectivity index (χ0n) is 21.2. The number of carbonyl (C=O) groups is 1. The number of carbonyl (C=O) groups excluding carboxylic acids is 1. The minimum absolute atomic E-state index is 0.134. The molecule has 3 heteroatoms. The Morgan fingerprint density at radius 1 is 0.829 bits per heavy atom. The maximum atomic E-state index is 11.6. The van der Waals surface area contributed by atoms with E-state index in [0.29, 0.717) is 6.42 Å². The second-order valence-corrected chi connectivity index (χ2v) is 9.00. The fourth-order valence-corrected chi connectivity index (χ4v) is 4.44. The minimum atomic E-state index is -0.432. The maximum Gasteiger partial charge on any atom is 0.330 e. The number of hydrogen-bond acceptors (Lipinski definition) is 3. The Balaban J connectivity index is 1.87. The van der Waals surface area contributed by atoms with Gasteiger partial charge in [-0.1, -0.05) is 87.9 Å². The van der Waals surface area contributed by atoms with E-state index in [9.17, 15) is 9.90 Å². The van der Waals surface area contributed by atoms with Crippen LogP contribution in [0.2, 0.25) is 0 Å². The quantitative estimate of drug-likeness (QED) is 0.160. The Kier molecular flexibility index (Phi) is 10.3. The summed E-state index contributed by atoms with van der Waals surface area (Å²) in [4.78, 5) is 11.6. The molecule has 0 radical (unpaired) electrons. The Bertz CT molecular complexity index is 1110. The number of ether oxygens (including phenoxy) is 1. The molecule has 0 fully saturated rings. The van der Waals surface area contributed by atoms with Crippen LogP contribution in [0.25, 0.3) is 22.3 Å². The first-order valence-electron chi connectivity index (χ1n) is 12.8. The van der Waals surface area contributed by atoms with E-state index >= 15 is 0 Å². The van der Waals surface area contributed by atoms with Crippen molar-refractivity contribution in [3.05, 3.63) is 95.6 Å². The lowest BCUT2D eigenvalue weighted by atomic mass is 9.91. The van der Waals surface area contributed by atoms with Gasteiger partial charge in [0.1, 0.15) is 6.61 Å². The summed E-state index contributed by atoms with van der Waals surface area (Å²) in [7, 11) is 0. The lowest BCUT2D eigenvalue weighted by Gasteiger charge is -2.15. The first-order valence-corrected chi connectivity index (χ1v) is 12.8. The van der Waals surface area contributed by atoms with E-state index in [0.717, 1.165) is 36.0 Å². The third kappa shape index (κ3) is 7.40. The summed E-state index contributed by atoms with van der Waals surface area (Å²) in [6.07, 6.45) is 8.44. The molecular weight excluding hydrogens is 432 g/mol. The molecule has 0 bridgehead atoms. The fourth-order valence-electron chi connectivity index (χ4n) is 4.44. The number of aliphatic hydroxyl groups excluding tert-OH is 1. The van der Waals surface area contributed by atoms with Gasteiger partial charge in [-0.2, -0.15) is 0 Å². The minimum Gasteiger partial charge on any atom is -0.458 e. The summed E-state index contributed by atoms with van der Waals surface area (Å²) in [5.74, 6) is -0.432. The first kappa shape index (κ1) is 26.4. The summed E-state index contributed by atoms with van der Waals surface area (Å²) < 4.78 is 5.34. The Hall–Kier alpha value is -3.17. The molecule has 0 saturated carbocycles. The van der Waals surface area contributed by atoms with Crippen molar-refractivity contribution >= 4 is 5.97 Å². The molecule has 3 aromatic carbocycles. The largest absolute Gasteiger partial charge is 0.458 e. The summed E-state index contributed by atoms with van der Waals surface area (Å²) in [5, 5.41) is 9.26. The van der Waals surface area contributed by atoms with Gasteiger partial charge in [-0.15, -0.1) is 0 Å². The normalized spacial score (nSPS) is 10.8. The molecule has 0 aliphatic rings. The molecular formula is C32H38O3. The van der Waals surface area contributed by atoms with Crippen LogP contribution < -0.4 is 0 Å². The number of benzene rings is 3. The van der Waals surface area contributed by atoms with Crippen LogP contribution in [-0.2, 0) is 35.4 Å². The van der Waals surface area contributed by atoms with Gasteiger partial charge < -0.3 is 9.84 Å². The number of unbranched alkanes of at least 4 members (excludes halogenated alkanes) is 2. The highest BCUT2D eigenvalue weighted by Crippen LogP contribution is 2.31. The van der Waals surface area contributed by atoms with Crippen LogP contribution in [0.5, 0.6) is 0 Å². The highest BCUT2D eigenvalue weighted by atomic mass is 16.5. The van der Waals surface area contributed by atoms with Crippen LogP contribution in [0.15, 0.2) is 73.3 Å². The average molecular weight is 471 g/mol. The second-order valence-electron chi connectivity index (χ2n) is 9.00. The molecule has 3 aromatic rings. The number of esters is 1. The monoisotopic (exact) mass is 470 g/mol. The molecule has 0 atom stereocenters. The van der Waals surface area contributed by atoms with E-state index in [-0.39, 0.29) is 13.2 Å². The van der Waals surface area contributed by atoms with Crippen molar-refractivity contribution in [3.8, 4) is 22.3 Å². The standard InChI is InChI=1S/C32H38O3/c1-4-7-8-10-24-12-14-27(15-13-24)28-18-19-31(25(5-2)21-28)29-17-16-26(11-9-20-33)30(22-29)23-35-32(34)6-3/h6,12-19,21-22,33H,3-5,7-11,20,23H2,1-2H3. The van der Waals surface area contributed by atoms with Gasteiger partial charge >= 0.3 is 5.97 Å². The third-order valence-corrected chi connectivity index (χ3v) is 6.50. The van der Waals surface area contributed by atoms with Crippen LogP contribution >= 0.6 is 0 Å². The highest BCUT2D eigenvalue weighted by molar-refractivity contribution is 5.81. The van der Waals surface area contributed by atoms with Gasteiger partial charge in [0.05, 0.1) is 0 Å². The molecule has 1 N–H and O–H groups in total. The summed E-state index contributed by atoms with van der Waals surface area (Å²) in [6.45, 7) is 8.23. The van der Waals surface area contributed by atoms with Crippen molar-refractivity contribution in [2.45, 2.75) is 65.4 Å². The van der Waals surface area contributed by atoms with Crippen LogP contribution in [-0.4, -0.2) is 17.7 Å². The Morgan fingerprint density at radius 3 is 2.23 bits per heavy atom. The first-order chi connectivity index (χ1) is 17.1. The maximum absolute atomic E-state index is 11.6. The van der Waals surface area contributed by atoms with Crippen LogP contribution in [0.4, 0.5) is 0 Å². The summed E-state index contributed by atoms with van der Waals surface area (Å²) in [5.41, 5.74) is 9.51. The molecule has 3 nitrogen and oxygen atoms in total. The predicted molar refractivity (Wildman–Crippen MR) is 145 cm³/mol. The molecule has 0 aliphatic heterocycles. The van der Waals surface area contributed by atoms with Gasteiger partial charge in [-0.25, -0.2) is 4.79 Å². The van der Waals surface area contributed by atoms with Crippen molar-refractivity contribution < 1.29 is 14.6 Å². The average Bonchev–Trinajstić information content (AvgIpc) is 2.90. The van der Waals surface area contributed by atoms with Crippen LogP contribution in [0, 0.1) is 0 Å². The molecule has 0 aromatic heterocycles. The Morgan fingerprint density at radius 2 is 1.54 bits per heavy atom. The van der Waals surface area contributed by atoms with E-state index in [1.54, 1.807) is 0 Å². The SMILES string of the molecule is C=CC(=O)OCc1cc(-c2ccc(-c3ccc(CCCCC)cc3)cc2CC)ccc1CCCO. The van der Waals surface area contributed by atoms with Crippen molar-refractivity contribution in [2.24, 2.45) is 0 Å². The number of aliphatic hydroxyl groups is 1. The van der Waals surface area contributed by atoms with Gasteiger partial charge in [0.25, 0.3) is 0 Å². The van der Waals surface area contributed by atoms with Gasteiger partial charge in [-0.05, 0) is 82.7 Å². The van der Waals surface area contributed by atoms with Crippen molar-refractivity contribution in [3.63, 3.8) is 0 Å². The molecule has 0 amide bonds. The fraction of sp³-hybridized carbons (Fsp3) is 0.344. The summed E-state index contributed by atoms with van der Waals surface area (Å²) >= 11 is 0. The number of aryl methyl sites for hydroxylation is 3. The molecule has 0 saturated heterocycles. The zero-order valence-corrected chi connectivity index (χ0v) is 21.2. The molecule has 3 rings (SSSR count). The Labute approximate surface area is 210 Å². The van der Waals surface area contributed by atoms with E-state index in [4.69, 9.17) is 4.74 Å². The van der Waals surface area contributed by atoms with Crippen molar-refractivity contribution in [1.29, 1.82) is 0 Å². The smallest absolute Gasteiger partial charge is 0.330 e. The van der Waals surface area contributed by atoms with Crippen LogP contribution in [0.3, 0.4) is 0 Å². The summed E-state index contributed by atoms with van der Waals surface area (Å²) in [6, 6.07) is 22.0. The third-order valence-electron chi connectivity index (χ3n) is 6.50. The lowest BCUT2D eigenvalue weighted by Crippen LogP contribution is -2.04. The molecule has 0 spiro atoms. The van der Waals surface area contributed by atoms with Crippen LogP contribution in [0.1, 0.15) is 61.8 Å².